The summed E-state index contributed by atoms with van der Waals surface area (Å²) in [5.41, 5.74) is 2.24. The number of nitrogens with zero attached hydrogens (tertiary/aromatic N) is 2. The van der Waals surface area contributed by atoms with Gasteiger partial charge in [0.25, 0.3) is 0 Å². The van der Waals surface area contributed by atoms with Crippen molar-refractivity contribution in [2.75, 3.05) is 0 Å². The molecule has 16 heavy (non-hydrogen) atoms. The molecule has 0 saturated heterocycles. The molecule has 2 aromatic rings. The van der Waals surface area contributed by atoms with Gasteiger partial charge in [0.1, 0.15) is 5.75 Å². The number of ether oxygens (including phenoxy) is 1. The van der Waals surface area contributed by atoms with Crippen LogP contribution in [-0.2, 0) is 0 Å². The fourth-order valence-corrected chi connectivity index (χ4v) is 1.59. The molecule has 1 aromatic heterocycles. The first-order chi connectivity index (χ1) is 7.66. The molecule has 0 saturated carbocycles. The monoisotopic (exact) mass is 216 g/mol. The number of benzene rings is 1. The summed E-state index contributed by atoms with van der Waals surface area (Å²) in [5, 5.41) is 0. The molecule has 0 amide bonds. The number of hydrogen-bond acceptors (Lipinski definition) is 2. The Kier molecular flexibility index (Phi) is 2.95. The highest BCUT2D eigenvalue weighted by Gasteiger charge is 2.03. The highest BCUT2D eigenvalue weighted by atomic mass is 16.5. The summed E-state index contributed by atoms with van der Waals surface area (Å²) in [6, 6.07) is 6.14. The van der Waals surface area contributed by atoms with Crippen LogP contribution in [0.1, 0.15) is 19.4 Å². The number of hydrogen-bond donors (Lipinski definition) is 0. The second kappa shape index (κ2) is 4.39. The van der Waals surface area contributed by atoms with Crippen LogP contribution in [0.3, 0.4) is 0 Å². The van der Waals surface area contributed by atoms with Crippen molar-refractivity contribution in [3.8, 4) is 11.4 Å². The van der Waals surface area contributed by atoms with Gasteiger partial charge in [-0.15, -0.1) is 0 Å². The van der Waals surface area contributed by atoms with Gasteiger partial charge in [-0.3, -0.25) is 0 Å². The van der Waals surface area contributed by atoms with E-state index in [-0.39, 0.29) is 6.10 Å². The first kappa shape index (κ1) is 10.7. The van der Waals surface area contributed by atoms with E-state index in [1.54, 1.807) is 12.5 Å². The SMILES string of the molecule is Cc1cc(-n2ccnc2)ccc1OC(C)C. The van der Waals surface area contributed by atoms with E-state index in [2.05, 4.69) is 18.0 Å². The molecular weight excluding hydrogens is 200 g/mol. The first-order valence-corrected chi connectivity index (χ1v) is 5.42. The number of aromatic nitrogens is 2. The van der Waals surface area contributed by atoms with Crippen LogP contribution in [0.25, 0.3) is 5.69 Å². The van der Waals surface area contributed by atoms with Crippen molar-refractivity contribution in [1.82, 2.24) is 9.55 Å². The van der Waals surface area contributed by atoms with Gasteiger partial charge < -0.3 is 9.30 Å². The Hall–Kier alpha value is -1.77. The molecule has 3 nitrogen and oxygen atoms in total. The fourth-order valence-electron chi connectivity index (χ4n) is 1.59. The van der Waals surface area contributed by atoms with Gasteiger partial charge in [-0.05, 0) is 44.5 Å². The molecule has 0 aliphatic carbocycles. The largest absolute Gasteiger partial charge is 0.491 e. The Morgan fingerprint density at radius 2 is 2.12 bits per heavy atom. The van der Waals surface area contributed by atoms with E-state index in [0.717, 1.165) is 17.0 Å². The lowest BCUT2D eigenvalue weighted by Gasteiger charge is -2.13. The van der Waals surface area contributed by atoms with Crippen LogP contribution in [0, 0.1) is 6.92 Å². The second-order valence-corrected chi connectivity index (χ2v) is 4.09. The minimum atomic E-state index is 0.206. The van der Waals surface area contributed by atoms with Crippen LogP contribution in [0.5, 0.6) is 5.75 Å². The molecule has 0 atom stereocenters. The number of rotatable bonds is 3. The van der Waals surface area contributed by atoms with Gasteiger partial charge >= 0.3 is 0 Å². The third-order valence-electron chi connectivity index (χ3n) is 2.32. The summed E-state index contributed by atoms with van der Waals surface area (Å²) >= 11 is 0. The van der Waals surface area contributed by atoms with E-state index >= 15 is 0 Å². The van der Waals surface area contributed by atoms with E-state index in [9.17, 15) is 0 Å². The van der Waals surface area contributed by atoms with Crippen LogP contribution in [0.4, 0.5) is 0 Å². The molecule has 0 unspecified atom stereocenters. The number of imidazole rings is 1. The molecule has 0 N–H and O–H groups in total. The Labute approximate surface area is 95.7 Å². The van der Waals surface area contributed by atoms with Crippen molar-refractivity contribution in [2.45, 2.75) is 26.9 Å². The summed E-state index contributed by atoms with van der Waals surface area (Å²) in [5.74, 6) is 0.943. The molecule has 0 aliphatic heterocycles. The van der Waals surface area contributed by atoms with Crippen molar-refractivity contribution in [3.63, 3.8) is 0 Å². The van der Waals surface area contributed by atoms with E-state index in [1.165, 1.54) is 0 Å². The smallest absolute Gasteiger partial charge is 0.122 e. The lowest BCUT2D eigenvalue weighted by Crippen LogP contribution is -2.06. The Balaban J connectivity index is 2.29. The van der Waals surface area contributed by atoms with Crippen LogP contribution >= 0.6 is 0 Å². The third-order valence-corrected chi connectivity index (χ3v) is 2.32. The maximum atomic E-state index is 5.69. The van der Waals surface area contributed by atoms with E-state index < -0.39 is 0 Å². The number of aryl methyl sites for hydroxylation is 1. The van der Waals surface area contributed by atoms with Crippen molar-refractivity contribution < 1.29 is 4.74 Å². The molecule has 0 radical (unpaired) electrons. The molecular formula is C13H16N2O. The van der Waals surface area contributed by atoms with Gasteiger partial charge in [-0.1, -0.05) is 0 Å². The van der Waals surface area contributed by atoms with Crippen molar-refractivity contribution >= 4 is 0 Å². The first-order valence-electron chi connectivity index (χ1n) is 5.42. The van der Waals surface area contributed by atoms with Crippen molar-refractivity contribution in [1.29, 1.82) is 0 Å². The van der Waals surface area contributed by atoms with E-state index in [0.29, 0.717) is 0 Å². The minimum absolute atomic E-state index is 0.206. The summed E-state index contributed by atoms with van der Waals surface area (Å²) in [4.78, 5) is 4.03. The average Bonchev–Trinajstić information content (AvgIpc) is 2.73. The topological polar surface area (TPSA) is 27.1 Å². The van der Waals surface area contributed by atoms with Gasteiger partial charge in [0.2, 0.25) is 0 Å². The molecule has 0 fully saturated rings. The standard InChI is InChI=1S/C13H16N2O/c1-10(2)16-13-5-4-12(8-11(13)3)15-7-6-14-9-15/h4-10H,1-3H3. The predicted molar refractivity (Wildman–Crippen MR) is 64.1 cm³/mol. The molecule has 0 bridgehead atoms. The molecule has 3 heteroatoms. The van der Waals surface area contributed by atoms with Gasteiger partial charge in [-0.2, -0.15) is 0 Å². The summed E-state index contributed by atoms with van der Waals surface area (Å²) in [6.45, 7) is 6.12. The quantitative estimate of drug-likeness (QED) is 0.788. The summed E-state index contributed by atoms with van der Waals surface area (Å²) in [6.07, 6.45) is 5.70. The highest BCUT2D eigenvalue weighted by Crippen LogP contribution is 2.22. The fraction of sp³-hybridized carbons (Fsp3) is 0.308. The summed E-state index contributed by atoms with van der Waals surface area (Å²) < 4.78 is 7.67. The maximum Gasteiger partial charge on any atom is 0.122 e. The van der Waals surface area contributed by atoms with Gasteiger partial charge in [0.15, 0.2) is 0 Å². The van der Waals surface area contributed by atoms with Crippen LogP contribution in [-0.4, -0.2) is 15.7 Å². The van der Waals surface area contributed by atoms with Gasteiger partial charge in [-0.25, -0.2) is 4.98 Å². The normalized spacial score (nSPS) is 10.8. The van der Waals surface area contributed by atoms with Gasteiger partial charge in [0, 0.05) is 18.1 Å². The van der Waals surface area contributed by atoms with Crippen LogP contribution in [0.2, 0.25) is 0 Å². The summed E-state index contributed by atoms with van der Waals surface area (Å²) in [7, 11) is 0. The highest BCUT2D eigenvalue weighted by molar-refractivity contribution is 5.43. The zero-order valence-corrected chi connectivity index (χ0v) is 9.84. The minimum Gasteiger partial charge on any atom is -0.491 e. The Morgan fingerprint density at radius 3 is 2.69 bits per heavy atom. The molecule has 1 heterocycles. The van der Waals surface area contributed by atoms with Crippen LogP contribution < -0.4 is 4.74 Å². The predicted octanol–water partition coefficient (Wildman–Crippen LogP) is 2.97. The Bertz CT molecular complexity index is 461. The maximum absolute atomic E-state index is 5.69. The zero-order chi connectivity index (χ0) is 11.5. The lowest BCUT2D eigenvalue weighted by molar-refractivity contribution is 0.241. The van der Waals surface area contributed by atoms with Crippen LogP contribution in [0.15, 0.2) is 36.9 Å². The van der Waals surface area contributed by atoms with Crippen molar-refractivity contribution in [3.05, 3.63) is 42.5 Å². The van der Waals surface area contributed by atoms with Gasteiger partial charge in [0.05, 0.1) is 12.4 Å². The second-order valence-electron chi connectivity index (χ2n) is 4.09. The Morgan fingerprint density at radius 1 is 1.31 bits per heavy atom. The zero-order valence-electron chi connectivity index (χ0n) is 9.84. The average molecular weight is 216 g/mol. The molecule has 2 rings (SSSR count). The van der Waals surface area contributed by atoms with Crippen molar-refractivity contribution in [2.24, 2.45) is 0 Å². The van der Waals surface area contributed by atoms with E-state index in [1.807, 2.05) is 36.7 Å². The molecule has 1 aromatic carbocycles. The molecule has 0 aliphatic rings. The molecule has 0 spiro atoms. The van der Waals surface area contributed by atoms with E-state index in [4.69, 9.17) is 4.74 Å². The lowest BCUT2D eigenvalue weighted by atomic mass is 10.2. The third kappa shape index (κ3) is 2.24. The molecule has 84 valence electrons.